The van der Waals surface area contributed by atoms with Crippen LogP contribution in [0.4, 0.5) is 0 Å². The lowest BCUT2D eigenvalue weighted by Gasteiger charge is -2.33. The van der Waals surface area contributed by atoms with Crippen LogP contribution in [0.25, 0.3) is 0 Å². The van der Waals surface area contributed by atoms with Crippen LogP contribution < -0.4 is 0 Å². The van der Waals surface area contributed by atoms with Crippen molar-refractivity contribution in [1.82, 2.24) is 0 Å². The second kappa shape index (κ2) is 45.6. The Balaban J connectivity index is -0.0000000582. The normalized spacial score (nSPS) is 14.7. The van der Waals surface area contributed by atoms with E-state index in [1.807, 2.05) is 83.1 Å². The summed E-state index contributed by atoms with van der Waals surface area (Å²) in [6.07, 6.45) is 16.4. The molecule has 2 aliphatic rings. The molecule has 2 aliphatic carbocycles. The van der Waals surface area contributed by atoms with Crippen LogP contribution in [0.2, 0.25) is 0 Å². The van der Waals surface area contributed by atoms with E-state index in [1.54, 1.807) is 0 Å². The second-order valence-electron chi connectivity index (χ2n) is 6.82. The monoisotopic (exact) mass is 405 g/mol. The average molecular weight is 405 g/mol. The Kier molecular flexibility index (Phi) is 68.7. The summed E-state index contributed by atoms with van der Waals surface area (Å²) in [5.74, 6) is 1.00. The van der Waals surface area contributed by atoms with E-state index in [1.165, 1.54) is 70.6 Å². The highest BCUT2D eigenvalue weighted by Crippen LogP contribution is 2.37. The lowest BCUT2D eigenvalue weighted by Crippen LogP contribution is -2.22. The summed E-state index contributed by atoms with van der Waals surface area (Å²) in [4.78, 5) is 0. The molecule has 2 rings (SSSR count). The van der Waals surface area contributed by atoms with Gasteiger partial charge in [-0.05, 0) is 24.2 Å². The number of rotatable bonds is 0. The van der Waals surface area contributed by atoms with Gasteiger partial charge in [0.25, 0.3) is 0 Å². The number of hydrogen-bond donors (Lipinski definition) is 0. The van der Waals surface area contributed by atoms with E-state index in [0.717, 1.165) is 5.92 Å². The van der Waals surface area contributed by atoms with Gasteiger partial charge in [0.2, 0.25) is 0 Å². The molecule has 0 amide bonds. The molecule has 0 aromatic carbocycles. The fourth-order valence-electron chi connectivity index (χ4n) is 3.03. The van der Waals surface area contributed by atoms with Crippen molar-refractivity contribution in [3.05, 3.63) is 0 Å². The predicted octanol–water partition coefficient (Wildman–Crippen LogP) is 12.1. The Bertz CT molecular complexity index is 142. The standard InChI is InChI=1S/C10H20.C6H12.6C2H6/c1-10(2,3)9-7-5-4-6-8-9;1-2-4-6-5-3-1;6*1-2/h9H,4-8H2,1-3H3;1-6H2;6*1-2H3. The van der Waals surface area contributed by atoms with Crippen molar-refractivity contribution in [1.29, 1.82) is 0 Å². The van der Waals surface area contributed by atoms with Gasteiger partial charge in [-0.2, -0.15) is 0 Å². The van der Waals surface area contributed by atoms with E-state index >= 15 is 0 Å². The maximum Gasteiger partial charge on any atom is -0.0354 e. The highest BCUT2D eigenvalue weighted by Gasteiger charge is 2.25. The Morgan fingerprint density at radius 3 is 0.679 bits per heavy atom. The summed E-state index contributed by atoms with van der Waals surface area (Å²) in [5, 5.41) is 0. The van der Waals surface area contributed by atoms with Crippen LogP contribution in [0.15, 0.2) is 0 Å². The third-order valence-electron chi connectivity index (χ3n) is 4.33. The molecule has 0 aromatic heterocycles. The first-order chi connectivity index (χ1) is 13.6. The van der Waals surface area contributed by atoms with Gasteiger partial charge in [0.1, 0.15) is 0 Å². The van der Waals surface area contributed by atoms with E-state index in [-0.39, 0.29) is 0 Å². The quantitative estimate of drug-likeness (QED) is 0.376. The zero-order valence-corrected chi connectivity index (χ0v) is 23.9. The summed E-state index contributed by atoms with van der Waals surface area (Å²) >= 11 is 0. The largest absolute Gasteiger partial charge is 0.0683 e. The van der Waals surface area contributed by atoms with Crippen LogP contribution >= 0.6 is 0 Å². The molecule has 2 fully saturated rings. The molecule has 0 unspecified atom stereocenters. The molecule has 0 heterocycles. The molecule has 0 aromatic rings. The van der Waals surface area contributed by atoms with Gasteiger partial charge < -0.3 is 0 Å². The Labute approximate surface area is 186 Å². The molecule has 0 spiro atoms. The van der Waals surface area contributed by atoms with Gasteiger partial charge in [0.15, 0.2) is 0 Å². The summed E-state index contributed by atoms with van der Waals surface area (Å²) < 4.78 is 0. The third kappa shape index (κ3) is 40.6. The highest BCUT2D eigenvalue weighted by molar-refractivity contribution is 4.76. The van der Waals surface area contributed by atoms with Gasteiger partial charge >= 0.3 is 0 Å². The summed E-state index contributed by atoms with van der Waals surface area (Å²) in [6, 6.07) is 0. The zero-order valence-electron chi connectivity index (χ0n) is 23.9. The van der Waals surface area contributed by atoms with E-state index in [4.69, 9.17) is 0 Å². The molecule has 0 heteroatoms. The van der Waals surface area contributed by atoms with Crippen molar-refractivity contribution in [3.63, 3.8) is 0 Å². The minimum atomic E-state index is 0.570. The van der Waals surface area contributed by atoms with Gasteiger partial charge in [0.05, 0.1) is 0 Å². The van der Waals surface area contributed by atoms with E-state index in [9.17, 15) is 0 Å². The lowest BCUT2D eigenvalue weighted by molar-refractivity contribution is 0.180. The average Bonchev–Trinajstić information content (AvgIpc) is 2.83. The second-order valence-corrected chi connectivity index (χ2v) is 6.82. The van der Waals surface area contributed by atoms with Gasteiger partial charge in [-0.3, -0.25) is 0 Å². The Morgan fingerprint density at radius 1 is 0.357 bits per heavy atom. The minimum absolute atomic E-state index is 0.570. The van der Waals surface area contributed by atoms with Crippen molar-refractivity contribution < 1.29 is 0 Å². The van der Waals surface area contributed by atoms with Crippen LogP contribution in [-0.2, 0) is 0 Å². The van der Waals surface area contributed by atoms with Crippen LogP contribution in [0.3, 0.4) is 0 Å². The summed E-state index contributed by atoms with van der Waals surface area (Å²) in [5.41, 5.74) is 0.570. The SMILES string of the molecule is C1CCCCC1.CC.CC.CC.CC.CC.CC.CC(C)(C)C1CCCCC1. The van der Waals surface area contributed by atoms with E-state index in [2.05, 4.69) is 20.8 Å². The third-order valence-corrected chi connectivity index (χ3v) is 4.33. The molecule has 0 radical (unpaired) electrons. The maximum atomic E-state index is 2.38. The van der Waals surface area contributed by atoms with Crippen LogP contribution in [0.1, 0.15) is 174 Å². The number of hydrogen-bond acceptors (Lipinski definition) is 0. The van der Waals surface area contributed by atoms with Gasteiger partial charge in [-0.15, -0.1) is 0 Å². The topological polar surface area (TPSA) is 0 Å². The molecule has 0 N–H and O–H groups in total. The van der Waals surface area contributed by atoms with Crippen LogP contribution in [-0.4, -0.2) is 0 Å². The molecule has 0 aliphatic heterocycles. The molecule has 2 saturated carbocycles. The van der Waals surface area contributed by atoms with Gasteiger partial charge in [-0.1, -0.05) is 162 Å². The Morgan fingerprint density at radius 2 is 0.536 bits per heavy atom. The van der Waals surface area contributed by atoms with Crippen LogP contribution in [0.5, 0.6) is 0 Å². The lowest BCUT2D eigenvalue weighted by atomic mass is 9.72. The van der Waals surface area contributed by atoms with E-state index < -0.39 is 0 Å². The first-order valence-corrected chi connectivity index (χ1v) is 13.6. The van der Waals surface area contributed by atoms with Crippen molar-refractivity contribution in [2.24, 2.45) is 11.3 Å². The summed E-state index contributed by atoms with van der Waals surface area (Å²) in [6.45, 7) is 31.1. The highest BCUT2D eigenvalue weighted by atomic mass is 14.3. The fraction of sp³-hybridized carbons (Fsp3) is 1.00. The maximum absolute atomic E-state index is 2.38. The minimum Gasteiger partial charge on any atom is -0.0683 e. The molecule has 0 bridgehead atoms. The van der Waals surface area contributed by atoms with Gasteiger partial charge in [-0.25, -0.2) is 0 Å². The molecule has 0 nitrogen and oxygen atoms in total. The Hall–Kier alpha value is 0. The fourth-order valence-corrected chi connectivity index (χ4v) is 3.03. The smallest absolute Gasteiger partial charge is 0.0354 e. The molecule has 0 atom stereocenters. The zero-order chi connectivity index (χ0) is 23.9. The van der Waals surface area contributed by atoms with E-state index in [0.29, 0.717) is 5.41 Å². The molecule has 0 saturated heterocycles. The van der Waals surface area contributed by atoms with Crippen molar-refractivity contribution in [2.75, 3.05) is 0 Å². The predicted molar refractivity (Wildman–Crippen MR) is 142 cm³/mol. The molecule has 28 heavy (non-hydrogen) atoms. The van der Waals surface area contributed by atoms with Crippen molar-refractivity contribution in [3.8, 4) is 0 Å². The molecular formula is C28H68. The van der Waals surface area contributed by atoms with Crippen LogP contribution in [0, 0.1) is 11.3 Å². The summed E-state index contributed by atoms with van der Waals surface area (Å²) in [7, 11) is 0. The first kappa shape index (κ1) is 42.2. The first-order valence-electron chi connectivity index (χ1n) is 13.6. The van der Waals surface area contributed by atoms with Crippen molar-refractivity contribution >= 4 is 0 Å². The molecular weight excluding hydrogens is 336 g/mol. The van der Waals surface area contributed by atoms with Gasteiger partial charge in [0, 0.05) is 0 Å². The molecule has 180 valence electrons. The van der Waals surface area contributed by atoms with Crippen molar-refractivity contribution in [2.45, 2.75) is 174 Å².